The van der Waals surface area contributed by atoms with E-state index in [1.54, 1.807) is 13.8 Å². The Morgan fingerprint density at radius 3 is 2.65 bits per heavy atom. The molecule has 0 saturated carbocycles. The van der Waals surface area contributed by atoms with Crippen LogP contribution in [0.2, 0.25) is 0 Å². The van der Waals surface area contributed by atoms with E-state index in [-0.39, 0.29) is 6.42 Å². The average molecular weight is 328 g/mol. The summed E-state index contributed by atoms with van der Waals surface area (Å²) in [5.41, 5.74) is -1.61. The van der Waals surface area contributed by atoms with Crippen LogP contribution in [-0.4, -0.2) is 70.6 Å². The van der Waals surface area contributed by atoms with Gasteiger partial charge < -0.3 is 28.8 Å². The van der Waals surface area contributed by atoms with Crippen molar-refractivity contribution >= 4 is 11.9 Å². The molecule has 5 aliphatic heterocycles. The van der Waals surface area contributed by atoms with Crippen LogP contribution in [0.15, 0.2) is 0 Å². The summed E-state index contributed by atoms with van der Waals surface area (Å²) in [6.45, 7) is 3.53. The molecule has 5 aliphatic rings. The van der Waals surface area contributed by atoms with Crippen LogP contribution in [0.4, 0.5) is 4.79 Å². The summed E-state index contributed by atoms with van der Waals surface area (Å²) in [6.07, 6.45) is -5.24. The third kappa shape index (κ3) is 1.63. The molecule has 0 aromatic heterocycles. The van der Waals surface area contributed by atoms with Crippen molar-refractivity contribution in [2.24, 2.45) is 0 Å². The van der Waals surface area contributed by atoms with Crippen LogP contribution in [0, 0.1) is 0 Å². The minimum atomic E-state index is -1.61. The van der Waals surface area contributed by atoms with Crippen LogP contribution in [0.25, 0.3) is 0 Å². The van der Waals surface area contributed by atoms with E-state index in [1.807, 2.05) is 0 Å². The first-order valence-electron chi connectivity index (χ1n) is 7.46. The van der Waals surface area contributed by atoms with Crippen LogP contribution in [0.1, 0.15) is 20.3 Å². The van der Waals surface area contributed by atoms with E-state index >= 15 is 0 Å². The number of hydrogen-bond acceptors (Lipinski definition) is 8. The number of rotatable bonds is 0. The summed E-state index contributed by atoms with van der Waals surface area (Å²) in [7, 11) is 0. The van der Waals surface area contributed by atoms with Gasteiger partial charge in [-0.25, -0.2) is 4.79 Å². The summed E-state index contributed by atoms with van der Waals surface area (Å²) in [6, 6.07) is -0.718. The van der Waals surface area contributed by atoms with Crippen molar-refractivity contribution in [3.8, 4) is 0 Å². The number of nitrogens with one attached hydrogen (secondary N) is 1. The Morgan fingerprint density at radius 1 is 1.13 bits per heavy atom. The van der Waals surface area contributed by atoms with Gasteiger partial charge in [0.1, 0.15) is 18.3 Å². The third-order valence-corrected chi connectivity index (χ3v) is 4.84. The molecule has 2 N–H and O–H groups in total. The van der Waals surface area contributed by atoms with Crippen molar-refractivity contribution < 1.29 is 38.4 Å². The Bertz CT molecular complexity index is 611. The fraction of sp³-hybridized carbons (Fsp3) is 0.846. The van der Waals surface area contributed by atoms with Crippen molar-refractivity contribution in [3.05, 3.63) is 0 Å². The first-order chi connectivity index (χ1) is 10.8. The molecule has 5 fully saturated rings. The monoisotopic (exact) mass is 328 g/mol. The summed E-state index contributed by atoms with van der Waals surface area (Å²) < 4.78 is 28.8. The molecule has 0 radical (unpaired) electrons. The van der Waals surface area contributed by atoms with E-state index in [1.165, 1.54) is 4.90 Å². The van der Waals surface area contributed by atoms with E-state index in [2.05, 4.69) is 5.32 Å². The standard InChI is InChI=1S/C13H16N2O8/c1-12(2)21-5-6(22-12)8-15-11(18)14-4(16)3-13(15)10(17)20-9(23-13)7(5)19-8/h5-10,17H,3H2,1-2H3,(H,14,16,18)/t5-,6+,7-,8+,9+,10+,13+/m0/s1. The van der Waals surface area contributed by atoms with Gasteiger partial charge in [-0.1, -0.05) is 0 Å². The molecule has 10 nitrogen and oxygen atoms in total. The number of hydrogen-bond donors (Lipinski definition) is 2. The molecule has 5 heterocycles. The van der Waals surface area contributed by atoms with Gasteiger partial charge in [-0.2, -0.15) is 0 Å². The zero-order chi connectivity index (χ0) is 16.1. The van der Waals surface area contributed by atoms with Crippen molar-refractivity contribution in [1.82, 2.24) is 10.2 Å². The van der Waals surface area contributed by atoms with E-state index in [0.717, 1.165) is 0 Å². The predicted molar refractivity (Wildman–Crippen MR) is 67.2 cm³/mol. The van der Waals surface area contributed by atoms with Crippen LogP contribution < -0.4 is 5.32 Å². The number of nitrogens with zero attached hydrogens (tertiary/aromatic N) is 1. The Balaban J connectivity index is 1.62. The molecule has 0 unspecified atom stereocenters. The molecule has 0 aromatic rings. The van der Waals surface area contributed by atoms with Crippen LogP contribution in [0.5, 0.6) is 0 Å². The van der Waals surface area contributed by atoms with Crippen LogP contribution >= 0.6 is 0 Å². The third-order valence-electron chi connectivity index (χ3n) is 4.84. The molecule has 0 aromatic carbocycles. The normalized spacial score (nSPS) is 52.9. The zero-order valence-electron chi connectivity index (χ0n) is 12.4. The maximum atomic E-state index is 12.4. The number of urea groups is 1. The second kappa shape index (κ2) is 4.02. The fourth-order valence-electron chi connectivity index (χ4n) is 4.05. The smallest absolute Gasteiger partial charge is 0.328 e. The number of carbonyl (C=O) groups excluding carboxylic acids is 2. The number of aliphatic hydroxyl groups is 1. The Hall–Kier alpha value is -1.30. The van der Waals surface area contributed by atoms with E-state index < -0.39 is 60.6 Å². The topological polar surface area (TPSA) is 116 Å². The highest BCUT2D eigenvalue weighted by atomic mass is 16.8. The van der Waals surface area contributed by atoms with Gasteiger partial charge in [0, 0.05) is 0 Å². The zero-order valence-corrected chi connectivity index (χ0v) is 12.4. The number of ether oxygens (including phenoxy) is 5. The van der Waals surface area contributed by atoms with Gasteiger partial charge in [0.15, 0.2) is 18.3 Å². The molecule has 1 spiro atoms. The van der Waals surface area contributed by atoms with Gasteiger partial charge in [-0.05, 0) is 13.8 Å². The number of aliphatic hydroxyl groups excluding tert-OH is 1. The van der Waals surface area contributed by atoms with Gasteiger partial charge in [0.25, 0.3) is 0 Å². The van der Waals surface area contributed by atoms with Crippen molar-refractivity contribution in [1.29, 1.82) is 0 Å². The molecular formula is C13H16N2O8. The Morgan fingerprint density at radius 2 is 1.87 bits per heavy atom. The molecular weight excluding hydrogens is 312 g/mol. The SMILES string of the molecule is CC1(C)O[C@@H]2[C@@H]3O[C@H]([C@@H]2O1)N1C(=O)NC(=O)C[C@]12O[C@H]3O[C@H]2O. The van der Waals surface area contributed by atoms with Gasteiger partial charge in [-0.3, -0.25) is 15.0 Å². The molecule has 0 aliphatic carbocycles. The fourth-order valence-corrected chi connectivity index (χ4v) is 4.05. The average Bonchev–Trinajstić information content (AvgIpc) is 2.96. The number of imide groups is 1. The molecule has 10 heteroatoms. The summed E-state index contributed by atoms with van der Waals surface area (Å²) in [4.78, 5) is 25.4. The first-order valence-corrected chi connectivity index (χ1v) is 7.46. The lowest BCUT2D eigenvalue weighted by molar-refractivity contribution is -0.250. The minimum absolute atomic E-state index is 0.245. The molecule has 7 atom stereocenters. The predicted octanol–water partition coefficient (Wildman–Crippen LogP) is -1.43. The molecule has 23 heavy (non-hydrogen) atoms. The lowest BCUT2D eigenvalue weighted by atomic mass is 10.0. The molecule has 3 amide bonds. The largest absolute Gasteiger partial charge is 0.364 e. The van der Waals surface area contributed by atoms with E-state index in [9.17, 15) is 14.7 Å². The number of carbonyl (C=O) groups is 2. The minimum Gasteiger partial charge on any atom is -0.364 e. The maximum absolute atomic E-state index is 12.4. The highest BCUT2D eigenvalue weighted by Gasteiger charge is 2.72. The highest BCUT2D eigenvalue weighted by molar-refractivity contribution is 5.98. The lowest BCUT2D eigenvalue weighted by Crippen LogP contribution is -2.70. The first kappa shape index (κ1) is 14.1. The second-order valence-corrected chi connectivity index (χ2v) is 6.78. The van der Waals surface area contributed by atoms with Gasteiger partial charge >= 0.3 is 6.03 Å². The highest BCUT2D eigenvalue weighted by Crippen LogP contribution is 2.51. The van der Waals surface area contributed by atoms with Crippen molar-refractivity contribution in [3.63, 3.8) is 0 Å². The van der Waals surface area contributed by atoms with Crippen LogP contribution in [0.3, 0.4) is 0 Å². The van der Waals surface area contributed by atoms with Gasteiger partial charge in [-0.15, -0.1) is 0 Å². The Kier molecular flexibility index (Phi) is 2.46. The molecule has 4 bridgehead atoms. The molecule has 126 valence electrons. The second-order valence-electron chi connectivity index (χ2n) is 6.78. The number of fused-ring (bicyclic) bond motifs is 8. The maximum Gasteiger partial charge on any atom is 0.328 e. The van der Waals surface area contributed by atoms with Crippen molar-refractivity contribution in [2.45, 2.75) is 68.9 Å². The van der Waals surface area contributed by atoms with E-state index in [4.69, 9.17) is 23.7 Å². The molecule has 5 rings (SSSR count). The van der Waals surface area contributed by atoms with Crippen molar-refractivity contribution in [2.75, 3.05) is 0 Å². The Labute approximate surface area is 130 Å². The summed E-state index contributed by atoms with van der Waals surface area (Å²) in [5.74, 6) is -1.39. The lowest BCUT2D eigenvalue weighted by Gasteiger charge is -2.45. The molecule has 5 saturated heterocycles. The van der Waals surface area contributed by atoms with Gasteiger partial charge in [0.05, 0.1) is 6.42 Å². The van der Waals surface area contributed by atoms with Crippen LogP contribution in [-0.2, 0) is 28.5 Å². The van der Waals surface area contributed by atoms with E-state index in [0.29, 0.717) is 0 Å². The quantitative estimate of drug-likeness (QED) is 0.556. The van der Waals surface area contributed by atoms with Gasteiger partial charge in [0.2, 0.25) is 17.9 Å². The summed E-state index contributed by atoms with van der Waals surface area (Å²) in [5, 5.41) is 12.5. The number of amides is 3. The summed E-state index contributed by atoms with van der Waals surface area (Å²) >= 11 is 0.